The Morgan fingerprint density at radius 3 is 2.72 bits per heavy atom. The van der Waals surface area contributed by atoms with Crippen molar-refractivity contribution >= 4 is 10.9 Å². The minimum Gasteiger partial charge on any atom is -0.347 e. The monoisotopic (exact) mass is 242 g/mol. The molecule has 1 saturated carbocycles. The van der Waals surface area contributed by atoms with Crippen molar-refractivity contribution in [2.45, 2.75) is 38.6 Å². The van der Waals surface area contributed by atoms with E-state index in [0.717, 1.165) is 18.9 Å². The number of hydrogen-bond donors (Lipinski definition) is 1. The minimum atomic E-state index is 0.734. The van der Waals surface area contributed by atoms with E-state index in [1.807, 2.05) is 0 Å². The lowest BCUT2D eigenvalue weighted by Crippen LogP contribution is -2.06. The number of nitrogens with two attached hydrogens (primary N) is 1. The molecule has 0 spiro atoms. The first kappa shape index (κ1) is 11.8. The molecule has 1 fully saturated rings. The molecule has 18 heavy (non-hydrogen) atoms. The predicted molar refractivity (Wildman–Crippen MR) is 76.7 cm³/mol. The van der Waals surface area contributed by atoms with Crippen LogP contribution in [-0.2, 0) is 13.0 Å². The van der Waals surface area contributed by atoms with E-state index in [4.69, 9.17) is 5.73 Å². The number of para-hydroxylation sites is 1. The first-order valence-corrected chi connectivity index (χ1v) is 7.15. The van der Waals surface area contributed by atoms with Crippen LogP contribution in [0.4, 0.5) is 0 Å². The largest absolute Gasteiger partial charge is 0.347 e. The molecule has 1 aliphatic carbocycles. The maximum absolute atomic E-state index is 5.72. The molecule has 0 atom stereocenters. The fourth-order valence-corrected chi connectivity index (χ4v) is 3.30. The molecule has 0 bridgehead atoms. The summed E-state index contributed by atoms with van der Waals surface area (Å²) < 4.78 is 2.45. The molecule has 2 heteroatoms. The average molecular weight is 242 g/mol. The highest BCUT2D eigenvalue weighted by Gasteiger charge is 2.17. The molecule has 2 nitrogen and oxygen atoms in total. The number of benzene rings is 1. The molecule has 1 aliphatic rings. The third-order valence-electron chi connectivity index (χ3n) is 4.21. The molecule has 0 radical (unpaired) electrons. The van der Waals surface area contributed by atoms with Crippen molar-refractivity contribution in [2.75, 3.05) is 6.54 Å². The summed E-state index contributed by atoms with van der Waals surface area (Å²) in [5.41, 5.74) is 8.51. The average Bonchev–Trinajstić information content (AvgIpc) is 3.00. The summed E-state index contributed by atoms with van der Waals surface area (Å²) in [5.74, 6) is 0.881. The van der Waals surface area contributed by atoms with E-state index in [0.29, 0.717) is 0 Å². The van der Waals surface area contributed by atoms with Gasteiger partial charge in [0.15, 0.2) is 0 Å². The highest BCUT2D eigenvalue weighted by molar-refractivity contribution is 5.84. The van der Waals surface area contributed by atoms with Crippen LogP contribution in [0.15, 0.2) is 30.5 Å². The predicted octanol–water partition coefficient (Wildman–Crippen LogP) is 3.33. The standard InChI is InChI=1S/C16H22N2/c17-10-9-14-12-18(11-13-5-1-2-6-13)16-8-4-3-7-15(14)16/h3-4,7-8,12-13H,1-2,5-6,9-11,17H2. The second-order valence-electron chi connectivity index (χ2n) is 5.51. The smallest absolute Gasteiger partial charge is 0.0483 e. The summed E-state index contributed by atoms with van der Waals surface area (Å²) in [5, 5.41) is 1.39. The Balaban J connectivity index is 1.94. The van der Waals surface area contributed by atoms with Crippen molar-refractivity contribution in [1.29, 1.82) is 0 Å². The van der Waals surface area contributed by atoms with Gasteiger partial charge >= 0.3 is 0 Å². The number of hydrogen-bond acceptors (Lipinski definition) is 1. The van der Waals surface area contributed by atoms with Gasteiger partial charge < -0.3 is 10.3 Å². The Kier molecular flexibility index (Phi) is 3.37. The van der Waals surface area contributed by atoms with Gasteiger partial charge in [-0.3, -0.25) is 0 Å². The zero-order valence-electron chi connectivity index (χ0n) is 10.9. The van der Waals surface area contributed by atoms with Crippen molar-refractivity contribution in [3.63, 3.8) is 0 Å². The number of rotatable bonds is 4. The zero-order chi connectivity index (χ0) is 12.4. The first-order chi connectivity index (χ1) is 8.88. The molecular weight excluding hydrogens is 220 g/mol. The van der Waals surface area contributed by atoms with Gasteiger partial charge in [-0.25, -0.2) is 0 Å². The van der Waals surface area contributed by atoms with E-state index in [1.54, 1.807) is 0 Å². The molecule has 0 saturated heterocycles. The Morgan fingerprint density at radius 2 is 1.94 bits per heavy atom. The number of fused-ring (bicyclic) bond motifs is 1. The fraction of sp³-hybridized carbons (Fsp3) is 0.500. The fourth-order valence-electron chi connectivity index (χ4n) is 3.30. The Hall–Kier alpha value is -1.28. The highest BCUT2D eigenvalue weighted by Crippen LogP contribution is 2.29. The lowest BCUT2D eigenvalue weighted by atomic mass is 10.1. The lowest BCUT2D eigenvalue weighted by Gasteiger charge is -2.11. The Labute approximate surface area is 109 Å². The third kappa shape index (κ3) is 2.17. The van der Waals surface area contributed by atoms with Gasteiger partial charge in [0.05, 0.1) is 0 Å². The summed E-state index contributed by atoms with van der Waals surface area (Å²) >= 11 is 0. The van der Waals surface area contributed by atoms with Gasteiger partial charge in [-0.2, -0.15) is 0 Å². The van der Waals surface area contributed by atoms with Crippen LogP contribution in [0.2, 0.25) is 0 Å². The van der Waals surface area contributed by atoms with Gasteiger partial charge in [-0.1, -0.05) is 31.0 Å². The lowest BCUT2D eigenvalue weighted by molar-refractivity contribution is 0.465. The van der Waals surface area contributed by atoms with E-state index >= 15 is 0 Å². The SMILES string of the molecule is NCCc1cn(CC2CCCC2)c2ccccc12. The molecule has 96 valence electrons. The molecule has 0 amide bonds. The quantitative estimate of drug-likeness (QED) is 0.876. The van der Waals surface area contributed by atoms with Crippen LogP contribution >= 0.6 is 0 Å². The third-order valence-corrected chi connectivity index (χ3v) is 4.21. The maximum atomic E-state index is 5.72. The van der Waals surface area contributed by atoms with E-state index < -0.39 is 0 Å². The minimum absolute atomic E-state index is 0.734. The summed E-state index contributed by atoms with van der Waals surface area (Å²) in [6.07, 6.45) is 8.95. The van der Waals surface area contributed by atoms with Crippen LogP contribution in [0.1, 0.15) is 31.2 Å². The van der Waals surface area contributed by atoms with Crippen LogP contribution in [0.25, 0.3) is 10.9 Å². The van der Waals surface area contributed by atoms with Crippen LogP contribution in [0.5, 0.6) is 0 Å². The molecule has 1 aromatic carbocycles. The molecule has 0 unspecified atom stereocenters. The summed E-state index contributed by atoms with van der Waals surface area (Å²) in [4.78, 5) is 0. The molecule has 2 N–H and O–H groups in total. The van der Waals surface area contributed by atoms with Crippen molar-refractivity contribution in [2.24, 2.45) is 11.7 Å². The van der Waals surface area contributed by atoms with E-state index in [2.05, 4.69) is 35.0 Å². The van der Waals surface area contributed by atoms with Crippen molar-refractivity contribution in [1.82, 2.24) is 4.57 Å². The number of nitrogens with zero attached hydrogens (tertiary/aromatic N) is 1. The van der Waals surface area contributed by atoms with E-state index in [1.165, 1.54) is 48.7 Å². The summed E-state index contributed by atoms with van der Waals surface area (Å²) in [6, 6.07) is 8.73. The topological polar surface area (TPSA) is 30.9 Å². The van der Waals surface area contributed by atoms with Gasteiger partial charge in [0.1, 0.15) is 0 Å². The van der Waals surface area contributed by atoms with E-state index in [9.17, 15) is 0 Å². The van der Waals surface area contributed by atoms with Gasteiger partial charge in [-0.15, -0.1) is 0 Å². The van der Waals surface area contributed by atoms with Crippen molar-refractivity contribution < 1.29 is 0 Å². The molecular formula is C16H22N2. The Bertz CT molecular complexity index is 521. The van der Waals surface area contributed by atoms with Crippen LogP contribution < -0.4 is 5.73 Å². The van der Waals surface area contributed by atoms with Gasteiger partial charge in [-0.05, 0) is 43.4 Å². The van der Waals surface area contributed by atoms with Crippen molar-refractivity contribution in [3.05, 3.63) is 36.0 Å². The molecule has 2 aromatic rings. The maximum Gasteiger partial charge on any atom is 0.0483 e. The zero-order valence-corrected chi connectivity index (χ0v) is 10.9. The normalized spacial score (nSPS) is 16.7. The molecule has 1 heterocycles. The van der Waals surface area contributed by atoms with Crippen LogP contribution in [0, 0.1) is 5.92 Å². The molecule has 3 rings (SSSR count). The Morgan fingerprint density at radius 1 is 1.17 bits per heavy atom. The number of aromatic nitrogens is 1. The van der Waals surface area contributed by atoms with Gasteiger partial charge in [0.2, 0.25) is 0 Å². The summed E-state index contributed by atoms with van der Waals surface area (Å²) in [6.45, 7) is 1.92. The molecule has 1 aromatic heterocycles. The summed E-state index contributed by atoms with van der Waals surface area (Å²) in [7, 11) is 0. The highest BCUT2D eigenvalue weighted by atomic mass is 15.0. The molecule has 0 aliphatic heterocycles. The van der Waals surface area contributed by atoms with Gasteiger partial charge in [0, 0.05) is 23.6 Å². The van der Waals surface area contributed by atoms with Crippen LogP contribution in [-0.4, -0.2) is 11.1 Å². The van der Waals surface area contributed by atoms with E-state index in [-0.39, 0.29) is 0 Å². The second kappa shape index (κ2) is 5.15. The van der Waals surface area contributed by atoms with Crippen molar-refractivity contribution in [3.8, 4) is 0 Å². The van der Waals surface area contributed by atoms with Gasteiger partial charge in [0.25, 0.3) is 0 Å². The second-order valence-corrected chi connectivity index (χ2v) is 5.51. The first-order valence-electron chi connectivity index (χ1n) is 7.15. The van der Waals surface area contributed by atoms with Crippen LogP contribution in [0.3, 0.4) is 0 Å².